The second-order valence-electron chi connectivity index (χ2n) is 9.71. The zero-order valence-electron chi connectivity index (χ0n) is 25.1. The predicted molar refractivity (Wildman–Crippen MR) is 158 cm³/mol. The molecule has 0 N–H and O–H groups in total. The van der Waals surface area contributed by atoms with Crippen LogP contribution in [-0.4, -0.2) is 91.9 Å². The van der Waals surface area contributed by atoms with Gasteiger partial charge in [0.05, 0.1) is 78.2 Å². The van der Waals surface area contributed by atoms with Crippen LogP contribution in [0.3, 0.4) is 0 Å². The Morgan fingerprint density at radius 2 is 0.800 bits per heavy atom. The van der Waals surface area contributed by atoms with Gasteiger partial charge in [0.25, 0.3) is 0 Å². The fourth-order valence-electron chi connectivity index (χ4n) is 3.92. The first-order chi connectivity index (χ1) is 19.8. The molecule has 0 spiro atoms. The summed E-state index contributed by atoms with van der Waals surface area (Å²) in [7, 11) is 0. The molecule has 8 heteroatoms. The van der Waals surface area contributed by atoms with Gasteiger partial charge in [0, 0.05) is 6.61 Å². The zero-order valence-corrected chi connectivity index (χ0v) is 25.1. The van der Waals surface area contributed by atoms with Crippen molar-refractivity contribution in [2.45, 2.75) is 77.6 Å². The van der Waals surface area contributed by atoms with Gasteiger partial charge in [-0.25, -0.2) is 4.79 Å². The Morgan fingerprint density at radius 3 is 1.23 bits per heavy atom. The topological polar surface area (TPSA) is 81.7 Å². The lowest BCUT2D eigenvalue weighted by atomic mass is 10.1. The predicted octanol–water partition coefficient (Wildman–Crippen LogP) is 6.25. The van der Waals surface area contributed by atoms with Gasteiger partial charge in [0.1, 0.15) is 6.61 Å². The molecule has 0 amide bonds. The van der Waals surface area contributed by atoms with Crippen LogP contribution in [0, 0.1) is 0 Å². The molecule has 0 aromatic heterocycles. The molecule has 0 aliphatic heterocycles. The first-order valence-electron chi connectivity index (χ1n) is 15.5. The summed E-state index contributed by atoms with van der Waals surface area (Å²) < 4.78 is 38.1. The Morgan fingerprint density at radius 1 is 0.450 bits per heavy atom. The van der Waals surface area contributed by atoms with Crippen LogP contribution in [0.1, 0.15) is 87.9 Å². The number of carbonyl (C=O) groups excluding carboxylic acids is 1. The quantitative estimate of drug-likeness (QED) is 0.0768. The van der Waals surface area contributed by atoms with Crippen LogP contribution in [0.2, 0.25) is 0 Å². The highest BCUT2D eigenvalue weighted by molar-refractivity contribution is 5.89. The van der Waals surface area contributed by atoms with Crippen LogP contribution in [0.15, 0.2) is 30.3 Å². The standard InChI is InChI=1S/C32H56O8/c1-2-3-4-5-6-7-8-9-10-11-15-18-34-19-20-35-21-22-36-23-24-37-25-26-38-27-28-39-29-30-40-32(33)31-16-13-12-14-17-31/h12-14,16-17H,2-11,15,18-30H2,1H3. The maximum atomic E-state index is 11.8. The molecular formula is C32H56O8. The number of hydrogen-bond donors (Lipinski definition) is 0. The number of rotatable bonds is 31. The van der Waals surface area contributed by atoms with Gasteiger partial charge >= 0.3 is 5.97 Å². The van der Waals surface area contributed by atoms with Crippen molar-refractivity contribution in [3.05, 3.63) is 35.9 Å². The molecule has 0 bridgehead atoms. The lowest BCUT2D eigenvalue weighted by Gasteiger charge is -2.08. The third-order valence-corrected chi connectivity index (χ3v) is 6.22. The monoisotopic (exact) mass is 568 g/mol. The molecule has 232 valence electrons. The normalized spacial score (nSPS) is 11.2. The summed E-state index contributed by atoms with van der Waals surface area (Å²) >= 11 is 0. The van der Waals surface area contributed by atoms with Gasteiger partial charge in [-0.05, 0) is 18.6 Å². The number of benzene rings is 1. The van der Waals surface area contributed by atoms with Gasteiger partial charge in [-0.1, -0.05) is 89.3 Å². The first kappa shape index (κ1) is 36.5. The van der Waals surface area contributed by atoms with Crippen molar-refractivity contribution in [1.82, 2.24) is 0 Å². The molecule has 0 atom stereocenters. The minimum absolute atomic E-state index is 0.217. The van der Waals surface area contributed by atoms with E-state index in [1.54, 1.807) is 24.3 Å². The average Bonchev–Trinajstić information content (AvgIpc) is 2.98. The number of esters is 1. The Labute approximate surface area is 243 Å². The van der Waals surface area contributed by atoms with Gasteiger partial charge in [-0.3, -0.25) is 0 Å². The van der Waals surface area contributed by atoms with Crippen LogP contribution < -0.4 is 0 Å². The molecule has 0 aliphatic rings. The Bertz CT molecular complexity index is 643. The molecule has 1 rings (SSSR count). The van der Waals surface area contributed by atoms with Crippen molar-refractivity contribution in [1.29, 1.82) is 0 Å². The van der Waals surface area contributed by atoms with Crippen molar-refractivity contribution in [2.75, 3.05) is 85.9 Å². The SMILES string of the molecule is CCCCCCCCCCCCCOCCOCCOCCOCCOCCOCCOC(=O)c1ccccc1. The molecule has 0 heterocycles. The molecule has 1 aromatic carbocycles. The second-order valence-corrected chi connectivity index (χ2v) is 9.71. The van der Waals surface area contributed by atoms with Gasteiger partial charge in [0.15, 0.2) is 0 Å². The van der Waals surface area contributed by atoms with Crippen LogP contribution in [0.5, 0.6) is 0 Å². The number of unbranched alkanes of at least 4 members (excludes halogenated alkanes) is 10. The Balaban J connectivity index is 1.65. The van der Waals surface area contributed by atoms with Crippen molar-refractivity contribution in [3.63, 3.8) is 0 Å². The van der Waals surface area contributed by atoms with Gasteiger partial charge in [0.2, 0.25) is 0 Å². The van der Waals surface area contributed by atoms with Crippen molar-refractivity contribution in [3.8, 4) is 0 Å². The minimum atomic E-state index is -0.344. The smallest absolute Gasteiger partial charge is 0.338 e. The third-order valence-electron chi connectivity index (χ3n) is 6.22. The van der Waals surface area contributed by atoms with E-state index in [1.807, 2.05) is 6.07 Å². The minimum Gasteiger partial charge on any atom is -0.460 e. The molecular weight excluding hydrogens is 512 g/mol. The Hall–Kier alpha value is -1.55. The number of carbonyl (C=O) groups is 1. The fraction of sp³-hybridized carbons (Fsp3) is 0.781. The van der Waals surface area contributed by atoms with E-state index in [9.17, 15) is 4.79 Å². The third kappa shape index (κ3) is 25.4. The summed E-state index contributed by atoms with van der Waals surface area (Å²) in [6.45, 7) is 8.99. The molecule has 0 aliphatic carbocycles. The molecule has 0 saturated heterocycles. The zero-order chi connectivity index (χ0) is 28.6. The van der Waals surface area contributed by atoms with Gasteiger partial charge < -0.3 is 33.2 Å². The molecule has 1 aromatic rings. The highest BCUT2D eigenvalue weighted by atomic mass is 16.6. The summed E-state index contributed by atoms with van der Waals surface area (Å²) in [6, 6.07) is 8.90. The maximum absolute atomic E-state index is 11.8. The second kappa shape index (κ2) is 30.4. The largest absolute Gasteiger partial charge is 0.460 e. The molecule has 40 heavy (non-hydrogen) atoms. The van der Waals surface area contributed by atoms with E-state index < -0.39 is 0 Å². The van der Waals surface area contributed by atoms with Gasteiger partial charge in [-0.2, -0.15) is 0 Å². The number of ether oxygens (including phenoxy) is 7. The van der Waals surface area contributed by atoms with Crippen LogP contribution >= 0.6 is 0 Å². The van der Waals surface area contributed by atoms with E-state index in [0.717, 1.165) is 13.0 Å². The van der Waals surface area contributed by atoms with Crippen molar-refractivity contribution < 1.29 is 38.0 Å². The molecule has 0 saturated carbocycles. The summed E-state index contributed by atoms with van der Waals surface area (Å²) in [5.74, 6) is -0.344. The summed E-state index contributed by atoms with van der Waals surface area (Å²) in [5, 5.41) is 0. The molecule has 0 radical (unpaired) electrons. The lowest BCUT2D eigenvalue weighted by Crippen LogP contribution is -2.15. The van der Waals surface area contributed by atoms with E-state index in [-0.39, 0.29) is 12.6 Å². The first-order valence-corrected chi connectivity index (χ1v) is 15.5. The van der Waals surface area contributed by atoms with Crippen LogP contribution in [-0.2, 0) is 33.2 Å². The Kier molecular flexibility index (Phi) is 27.7. The maximum Gasteiger partial charge on any atom is 0.338 e. The highest BCUT2D eigenvalue weighted by Gasteiger charge is 2.05. The molecule has 0 fully saturated rings. The fourth-order valence-corrected chi connectivity index (χ4v) is 3.92. The summed E-state index contributed by atoms with van der Waals surface area (Å²) in [5.41, 5.74) is 0.537. The molecule has 0 unspecified atom stereocenters. The summed E-state index contributed by atoms with van der Waals surface area (Å²) in [4.78, 5) is 11.8. The van der Waals surface area contributed by atoms with Crippen molar-refractivity contribution in [2.24, 2.45) is 0 Å². The van der Waals surface area contributed by atoms with Gasteiger partial charge in [-0.15, -0.1) is 0 Å². The van der Waals surface area contributed by atoms with E-state index in [4.69, 9.17) is 33.2 Å². The van der Waals surface area contributed by atoms with E-state index in [2.05, 4.69) is 6.92 Å². The highest BCUT2D eigenvalue weighted by Crippen LogP contribution is 2.11. The van der Waals surface area contributed by atoms with E-state index >= 15 is 0 Å². The van der Waals surface area contributed by atoms with Crippen LogP contribution in [0.25, 0.3) is 0 Å². The molecule has 8 nitrogen and oxygen atoms in total. The number of hydrogen-bond acceptors (Lipinski definition) is 8. The van der Waals surface area contributed by atoms with E-state index in [0.29, 0.717) is 78.2 Å². The lowest BCUT2D eigenvalue weighted by molar-refractivity contribution is -0.0194. The van der Waals surface area contributed by atoms with Crippen LogP contribution in [0.4, 0.5) is 0 Å². The van der Waals surface area contributed by atoms with Crippen molar-refractivity contribution >= 4 is 5.97 Å². The average molecular weight is 569 g/mol. The summed E-state index contributed by atoms with van der Waals surface area (Å²) in [6.07, 6.45) is 14.9. The van der Waals surface area contributed by atoms with E-state index in [1.165, 1.54) is 64.2 Å².